The molecule has 0 aromatic carbocycles. The molecule has 2 aliphatic carbocycles. The first-order valence-corrected chi connectivity index (χ1v) is 11.4. The van der Waals surface area contributed by atoms with Gasteiger partial charge in [0, 0.05) is 0 Å². The summed E-state index contributed by atoms with van der Waals surface area (Å²) in [6.45, 7) is 4.47. The van der Waals surface area contributed by atoms with Gasteiger partial charge in [-0.25, -0.2) is 4.39 Å². The largest absolute Gasteiger partial charge is 0.244 e. The standard InChI is InChI=1S/C23H43F/c1-3-5-7-8-9-10-20-11-13-21(14-12-20)22-15-18-23(24,19-16-22)17-6-4-2/h20-22H,3-19H2,1-2H3. The van der Waals surface area contributed by atoms with Crippen molar-refractivity contribution in [3.8, 4) is 0 Å². The predicted octanol–water partition coefficient (Wildman–Crippen LogP) is 8.24. The van der Waals surface area contributed by atoms with Crippen LogP contribution in [0.4, 0.5) is 4.39 Å². The summed E-state index contributed by atoms with van der Waals surface area (Å²) in [5.41, 5.74) is -0.803. The third kappa shape index (κ3) is 6.68. The Bertz CT molecular complexity index is 308. The SMILES string of the molecule is CCCCCCCC1CCC(C2CCC(F)(CCCC)CC2)CC1. The molecular formula is C23H43F. The fourth-order valence-electron chi connectivity index (χ4n) is 5.36. The van der Waals surface area contributed by atoms with E-state index in [1.54, 1.807) is 0 Å². The van der Waals surface area contributed by atoms with Crippen molar-refractivity contribution < 1.29 is 4.39 Å². The molecule has 0 saturated heterocycles. The number of halogens is 1. The molecule has 0 aromatic rings. The molecule has 0 radical (unpaired) electrons. The minimum Gasteiger partial charge on any atom is -0.244 e. The van der Waals surface area contributed by atoms with Gasteiger partial charge < -0.3 is 0 Å². The zero-order chi connectivity index (χ0) is 17.3. The lowest BCUT2D eigenvalue weighted by Crippen LogP contribution is -2.33. The number of rotatable bonds is 10. The van der Waals surface area contributed by atoms with Gasteiger partial charge in [-0.15, -0.1) is 0 Å². The molecule has 0 atom stereocenters. The first-order valence-electron chi connectivity index (χ1n) is 11.4. The van der Waals surface area contributed by atoms with E-state index in [2.05, 4.69) is 13.8 Å². The first kappa shape index (κ1) is 20.2. The van der Waals surface area contributed by atoms with Crippen LogP contribution in [-0.4, -0.2) is 5.67 Å². The van der Waals surface area contributed by atoms with Crippen molar-refractivity contribution in [1.82, 2.24) is 0 Å². The molecule has 2 saturated carbocycles. The van der Waals surface area contributed by atoms with Crippen LogP contribution in [0, 0.1) is 17.8 Å². The molecule has 0 heterocycles. The van der Waals surface area contributed by atoms with Crippen molar-refractivity contribution in [2.24, 2.45) is 17.8 Å². The monoisotopic (exact) mass is 338 g/mol. The van der Waals surface area contributed by atoms with E-state index in [-0.39, 0.29) is 0 Å². The van der Waals surface area contributed by atoms with Gasteiger partial charge in [0.1, 0.15) is 5.67 Å². The van der Waals surface area contributed by atoms with E-state index in [9.17, 15) is 4.39 Å². The highest BCUT2D eigenvalue weighted by Crippen LogP contribution is 2.45. The molecule has 0 N–H and O–H groups in total. The Hall–Kier alpha value is -0.0700. The molecule has 0 aromatic heterocycles. The molecule has 24 heavy (non-hydrogen) atoms. The van der Waals surface area contributed by atoms with Crippen molar-refractivity contribution in [2.45, 2.75) is 129 Å². The van der Waals surface area contributed by atoms with Gasteiger partial charge in [-0.2, -0.15) is 0 Å². The second kappa shape index (κ2) is 10.8. The Morgan fingerprint density at radius 1 is 0.708 bits per heavy atom. The summed E-state index contributed by atoms with van der Waals surface area (Å²) in [5.74, 6) is 2.79. The van der Waals surface area contributed by atoms with Gasteiger partial charge in [0.25, 0.3) is 0 Å². The number of hydrogen-bond donors (Lipinski definition) is 0. The Morgan fingerprint density at radius 2 is 1.29 bits per heavy atom. The molecule has 0 spiro atoms. The fourth-order valence-corrected chi connectivity index (χ4v) is 5.36. The Balaban J connectivity index is 1.59. The summed E-state index contributed by atoms with van der Waals surface area (Å²) in [6.07, 6.45) is 21.5. The summed E-state index contributed by atoms with van der Waals surface area (Å²) in [4.78, 5) is 0. The summed E-state index contributed by atoms with van der Waals surface area (Å²) in [6, 6.07) is 0. The van der Waals surface area contributed by atoms with Crippen molar-refractivity contribution in [2.75, 3.05) is 0 Å². The van der Waals surface area contributed by atoms with Gasteiger partial charge in [-0.05, 0) is 62.7 Å². The van der Waals surface area contributed by atoms with Gasteiger partial charge in [0.15, 0.2) is 0 Å². The highest BCUT2D eigenvalue weighted by molar-refractivity contribution is 4.89. The van der Waals surface area contributed by atoms with Crippen molar-refractivity contribution in [1.29, 1.82) is 0 Å². The van der Waals surface area contributed by atoms with E-state index in [0.29, 0.717) is 0 Å². The van der Waals surface area contributed by atoms with E-state index in [1.165, 1.54) is 77.0 Å². The summed E-state index contributed by atoms with van der Waals surface area (Å²) in [7, 11) is 0. The highest BCUT2D eigenvalue weighted by Gasteiger charge is 2.37. The summed E-state index contributed by atoms with van der Waals surface area (Å²) >= 11 is 0. The third-order valence-electron chi connectivity index (χ3n) is 7.18. The molecule has 2 fully saturated rings. The first-order chi connectivity index (χ1) is 11.7. The minimum atomic E-state index is -0.803. The normalized spacial score (nSPS) is 34.4. The molecule has 1 heteroatoms. The van der Waals surface area contributed by atoms with E-state index in [0.717, 1.165) is 49.9 Å². The molecule has 2 rings (SSSR count). The van der Waals surface area contributed by atoms with Crippen LogP contribution in [0.5, 0.6) is 0 Å². The zero-order valence-electron chi connectivity index (χ0n) is 16.6. The molecule has 0 unspecified atom stereocenters. The quantitative estimate of drug-likeness (QED) is 0.352. The van der Waals surface area contributed by atoms with Crippen molar-refractivity contribution in [3.05, 3.63) is 0 Å². The predicted molar refractivity (Wildman–Crippen MR) is 104 cm³/mol. The maximum atomic E-state index is 14.8. The van der Waals surface area contributed by atoms with Gasteiger partial charge in [0.05, 0.1) is 0 Å². The number of unbranched alkanes of at least 4 members (excludes halogenated alkanes) is 5. The molecule has 142 valence electrons. The van der Waals surface area contributed by atoms with Crippen LogP contribution in [0.15, 0.2) is 0 Å². The van der Waals surface area contributed by atoms with Gasteiger partial charge in [-0.3, -0.25) is 0 Å². The second-order valence-electron chi connectivity index (χ2n) is 9.08. The molecule has 0 nitrogen and oxygen atoms in total. The third-order valence-corrected chi connectivity index (χ3v) is 7.18. The zero-order valence-corrected chi connectivity index (χ0v) is 16.6. The van der Waals surface area contributed by atoms with Crippen LogP contribution < -0.4 is 0 Å². The van der Waals surface area contributed by atoms with Crippen LogP contribution in [0.25, 0.3) is 0 Å². The maximum absolute atomic E-state index is 14.8. The average Bonchev–Trinajstić information content (AvgIpc) is 2.61. The van der Waals surface area contributed by atoms with E-state index < -0.39 is 5.67 Å². The second-order valence-corrected chi connectivity index (χ2v) is 9.08. The van der Waals surface area contributed by atoms with E-state index in [1.807, 2.05) is 0 Å². The van der Waals surface area contributed by atoms with E-state index >= 15 is 0 Å². The lowest BCUT2D eigenvalue weighted by Gasteiger charge is -2.40. The summed E-state index contributed by atoms with van der Waals surface area (Å²) < 4.78 is 14.8. The Kier molecular flexibility index (Phi) is 9.12. The Morgan fingerprint density at radius 3 is 1.92 bits per heavy atom. The lowest BCUT2D eigenvalue weighted by atomic mass is 9.67. The van der Waals surface area contributed by atoms with Crippen LogP contribution in [-0.2, 0) is 0 Å². The fraction of sp³-hybridized carbons (Fsp3) is 1.00. The maximum Gasteiger partial charge on any atom is 0.111 e. The van der Waals surface area contributed by atoms with Crippen LogP contribution in [0.3, 0.4) is 0 Å². The average molecular weight is 339 g/mol. The van der Waals surface area contributed by atoms with Gasteiger partial charge in [-0.1, -0.05) is 78.1 Å². The number of hydrogen-bond acceptors (Lipinski definition) is 0. The lowest BCUT2D eigenvalue weighted by molar-refractivity contribution is 0.0459. The molecule has 0 bridgehead atoms. The van der Waals surface area contributed by atoms with Crippen LogP contribution in [0.2, 0.25) is 0 Å². The molecular weight excluding hydrogens is 295 g/mol. The smallest absolute Gasteiger partial charge is 0.111 e. The summed E-state index contributed by atoms with van der Waals surface area (Å²) in [5, 5.41) is 0. The molecule has 0 amide bonds. The van der Waals surface area contributed by atoms with Crippen LogP contribution >= 0.6 is 0 Å². The molecule has 0 aliphatic heterocycles. The van der Waals surface area contributed by atoms with Crippen molar-refractivity contribution >= 4 is 0 Å². The number of alkyl halides is 1. The highest BCUT2D eigenvalue weighted by atomic mass is 19.1. The van der Waals surface area contributed by atoms with Gasteiger partial charge >= 0.3 is 0 Å². The minimum absolute atomic E-state index is 0.803. The topological polar surface area (TPSA) is 0 Å². The van der Waals surface area contributed by atoms with Gasteiger partial charge in [0.2, 0.25) is 0 Å². The molecule has 2 aliphatic rings. The van der Waals surface area contributed by atoms with Crippen molar-refractivity contribution in [3.63, 3.8) is 0 Å². The Labute approximate surface area is 151 Å². The van der Waals surface area contributed by atoms with Crippen LogP contribution in [0.1, 0.15) is 123 Å². The van der Waals surface area contributed by atoms with E-state index in [4.69, 9.17) is 0 Å².